The average Bonchev–Trinajstić information content (AvgIpc) is 2.96. The molecular weight excluding hydrogens is 532 g/mol. The number of benzene rings is 1. The smallest absolute Gasteiger partial charge is 0.337 e. The Balaban J connectivity index is 1.70. The molecule has 2 heterocycles. The number of hydrogen-bond donors (Lipinski definition) is 4. The molecule has 0 aromatic heterocycles. The van der Waals surface area contributed by atoms with Crippen LogP contribution in [0.4, 0.5) is 0 Å². The van der Waals surface area contributed by atoms with Gasteiger partial charge in [-0.25, -0.2) is 4.79 Å². The van der Waals surface area contributed by atoms with Gasteiger partial charge in [-0.05, 0) is 24.6 Å². The van der Waals surface area contributed by atoms with Crippen molar-refractivity contribution in [2.45, 2.75) is 56.8 Å². The number of methoxy groups -OCH3 is 3. The van der Waals surface area contributed by atoms with Crippen LogP contribution in [0.25, 0.3) is 0 Å². The van der Waals surface area contributed by atoms with E-state index in [9.17, 15) is 30.0 Å². The summed E-state index contributed by atoms with van der Waals surface area (Å²) in [4.78, 5) is 25.3. The molecule has 0 spiro atoms. The Morgan fingerprint density at radius 1 is 1.02 bits per heavy atom. The van der Waals surface area contributed by atoms with Crippen LogP contribution >= 0.6 is 0 Å². The summed E-state index contributed by atoms with van der Waals surface area (Å²) in [6, 6.07) is 5.35. The summed E-state index contributed by atoms with van der Waals surface area (Å²) < 4.78 is 37.5. The van der Waals surface area contributed by atoms with Gasteiger partial charge in [0.2, 0.25) is 6.29 Å². The molecule has 4 N–H and O–H groups in total. The molecule has 1 aromatic rings. The number of hydrogen-bond acceptors (Lipinski definition) is 13. The van der Waals surface area contributed by atoms with Crippen molar-refractivity contribution in [3.8, 4) is 11.5 Å². The maximum absolute atomic E-state index is 12.8. The molecule has 0 unspecified atom stereocenters. The molecule has 2 aliphatic heterocycles. The van der Waals surface area contributed by atoms with Crippen LogP contribution in [0.15, 0.2) is 41.7 Å². The van der Waals surface area contributed by atoms with E-state index in [1.807, 2.05) is 6.07 Å². The van der Waals surface area contributed by atoms with Gasteiger partial charge in [0.25, 0.3) is 0 Å². The fourth-order valence-corrected chi connectivity index (χ4v) is 4.47. The first-order valence-electron chi connectivity index (χ1n) is 12.6. The molecule has 0 amide bonds. The van der Waals surface area contributed by atoms with E-state index in [0.717, 1.165) is 11.8 Å². The first-order chi connectivity index (χ1) is 19.2. The summed E-state index contributed by atoms with van der Waals surface area (Å²) in [5.74, 6) is -1.08. The van der Waals surface area contributed by atoms with E-state index in [1.165, 1.54) is 21.3 Å². The summed E-state index contributed by atoms with van der Waals surface area (Å²) in [5.41, 5.74) is 1.23. The highest BCUT2D eigenvalue weighted by atomic mass is 16.8. The molecule has 0 aliphatic carbocycles. The zero-order chi connectivity index (χ0) is 29.4. The minimum absolute atomic E-state index is 0.0427. The number of carbonyl (C=O) groups is 2. The molecule has 1 fully saturated rings. The van der Waals surface area contributed by atoms with E-state index in [2.05, 4.69) is 0 Å². The van der Waals surface area contributed by atoms with Crippen molar-refractivity contribution in [2.24, 2.45) is 5.92 Å². The molecular formula is C27H36O13. The maximum atomic E-state index is 12.8. The third-order valence-corrected chi connectivity index (χ3v) is 6.70. The van der Waals surface area contributed by atoms with E-state index in [1.54, 1.807) is 25.1 Å². The first-order valence-corrected chi connectivity index (χ1v) is 12.6. The highest BCUT2D eigenvalue weighted by Gasteiger charge is 2.46. The van der Waals surface area contributed by atoms with Crippen LogP contribution in [-0.4, -0.2) is 104 Å². The van der Waals surface area contributed by atoms with Crippen LogP contribution in [0.1, 0.15) is 18.9 Å². The lowest BCUT2D eigenvalue weighted by molar-refractivity contribution is -0.327. The average molecular weight is 569 g/mol. The Labute approximate surface area is 231 Å². The molecule has 1 aromatic carbocycles. The zero-order valence-electron chi connectivity index (χ0n) is 22.7. The number of aliphatic hydroxyl groups is 4. The van der Waals surface area contributed by atoms with E-state index >= 15 is 0 Å². The SMILES string of the molecule is CC=C1[C@@H](O[C@H]2O[C@H](CO)[C@@H](O)[C@H](O)[C@@H]2O)OC=C(C(=O)OC)[C@H]1CC(=O)OCCc1ccc(OC)c(OC)c1. The Kier molecular flexibility index (Phi) is 11.3. The second-order valence-electron chi connectivity index (χ2n) is 9.07. The van der Waals surface area contributed by atoms with Gasteiger partial charge in [0.1, 0.15) is 24.4 Å². The summed E-state index contributed by atoms with van der Waals surface area (Å²) in [5, 5.41) is 39.9. The van der Waals surface area contributed by atoms with Gasteiger partial charge in [-0.15, -0.1) is 0 Å². The van der Waals surface area contributed by atoms with Gasteiger partial charge >= 0.3 is 11.9 Å². The second kappa shape index (κ2) is 14.4. The zero-order valence-corrected chi connectivity index (χ0v) is 22.7. The van der Waals surface area contributed by atoms with Crippen molar-refractivity contribution >= 4 is 11.9 Å². The predicted octanol–water partition coefficient (Wildman–Crippen LogP) is -0.0282. The van der Waals surface area contributed by atoms with Crippen LogP contribution in [0.3, 0.4) is 0 Å². The minimum atomic E-state index is -1.68. The first kappa shape index (κ1) is 31.3. The highest BCUT2D eigenvalue weighted by molar-refractivity contribution is 5.90. The second-order valence-corrected chi connectivity index (χ2v) is 9.07. The van der Waals surface area contributed by atoms with Gasteiger partial charge in [-0.3, -0.25) is 4.79 Å². The molecule has 2 aliphatic rings. The minimum Gasteiger partial charge on any atom is -0.493 e. The van der Waals surface area contributed by atoms with Gasteiger partial charge in [-0.1, -0.05) is 12.1 Å². The predicted molar refractivity (Wildman–Crippen MR) is 136 cm³/mol. The van der Waals surface area contributed by atoms with E-state index in [0.29, 0.717) is 23.5 Å². The number of allylic oxidation sites excluding steroid dienone is 1. The fraction of sp³-hybridized carbons (Fsp3) is 0.556. The maximum Gasteiger partial charge on any atom is 0.337 e. The van der Waals surface area contributed by atoms with Crippen molar-refractivity contribution in [2.75, 3.05) is 34.5 Å². The van der Waals surface area contributed by atoms with Crippen molar-refractivity contribution in [3.63, 3.8) is 0 Å². The molecule has 40 heavy (non-hydrogen) atoms. The van der Waals surface area contributed by atoms with Gasteiger partial charge in [-0.2, -0.15) is 0 Å². The van der Waals surface area contributed by atoms with Crippen molar-refractivity contribution < 1.29 is 63.2 Å². The van der Waals surface area contributed by atoms with Gasteiger partial charge in [0.15, 0.2) is 17.8 Å². The monoisotopic (exact) mass is 568 g/mol. The molecule has 13 nitrogen and oxygen atoms in total. The van der Waals surface area contributed by atoms with Crippen LogP contribution in [-0.2, 0) is 39.7 Å². The van der Waals surface area contributed by atoms with Crippen molar-refractivity contribution in [3.05, 3.63) is 47.2 Å². The molecule has 0 radical (unpaired) electrons. The van der Waals surface area contributed by atoms with Crippen LogP contribution in [0.5, 0.6) is 11.5 Å². The van der Waals surface area contributed by atoms with Crippen molar-refractivity contribution in [1.82, 2.24) is 0 Å². The molecule has 222 valence electrons. The van der Waals surface area contributed by atoms with Crippen LogP contribution in [0.2, 0.25) is 0 Å². The Morgan fingerprint density at radius 3 is 2.38 bits per heavy atom. The van der Waals surface area contributed by atoms with Crippen molar-refractivity contribution in [1.29, 1.82) is 0 Å². The summed E-state index contributed by atoms with van der Waals surface area (Å²) in [6.45, 7) is 1.06. The van der Waals surface area contributed by atoms with Gasteiger partial charge in [0, 0.05) is 17.9 Å². The molecule has 1 saturated heterocycles. The van der Waals surface area contributed by atoms with Crippen LogP contribution in [0, 0.1) is 5.92 Å². The summed E-state index contributed by atoms with van der Waals surface area (Å²) in [6.07, 6.45) is -6.04. The number of aliphatic hydroxyl groups excluding tert-OH is 4. The normalized spacial score (nSPS) is 29.2. The third kappa shape index (κ3) is 7.11. The number of esters is 2. The van der Waals surface area contributed by atoms with Gasteiger partial charge in [0.05, 0.1) is 52.8 Å². The lowest BCUT2D eigenvalue weighted by atomic mass is 9.86. The lowest BCUT2D eigenvalue weighted by Gasteiger charge is -2.41. The highest BCUT2D eigenvalue weighted by Crippen LogP contribution is 2.36. The molecule has 7 atom stereocenters. The van der Waals surface area contributed by atoms with E-state index in [-0.39, 0.29) is 18.6 Å². The third-order valence-electron chi connectivity index (χ3n) is 6.70. The lowest BCUT2D eigenvalue weighted by Crippen LogP contribution is -2.60. The fourth-order valence-electron chi connectivity index (χ4n) is 4.47. The standard InChI is InChI=1S/C27H36O13/c1-5-15-16(11-21(29)37-9-8-14-6-7-18(34-2)19(10-14)35-3)17(25(33)36-4)13-38-26(15)40-27-24(32)23(31)22(30)20(12-28)39-27/h5-7,10,13,16,20,22-24,26-28,30-32H,8-9,11-12H2,1-4H3/t16-,20+,22+,23-,24-,26+,27+/m0/s1. The largest absolute Gasteiger partial charge is 0.493 e. The van der Waals surface area contributed by atoms with Gasteiger partial charge < -0.3 is 53.6 Å². The molecule has 0 saturated carbocycles. The van der Waals surface area contributed by atoms with E-state index in [4.69, 9.17) is 33.2 Å². The Bertz CT molecular complexity index is 1080. The number of ether oxygens (including phenoxy) is 7. The quantitative estimate of drug-likeness (QED) is 0.207. The summed E-state index contributed by atoms with van der Waals surface area (Å²) in [7, 11) is 4.24. The Morgan fingerprint density at radius 2 is 1.75 bits per heavy atom. The number of carbonyl (C=O) groups excluding carboxylic acids is 2. The van der Waals surface area contributed by atoms with Crippen LogP contribution < -0.4 is 9.47 Å². The number of rotatable bonds is 11. The molecule has 13 heteroatoms. The Hall–Kier alpha value is -3.20. The van der Waals surface area contributed by atoms with E-state index < -0.39 is 61.5 Å². The molecule has 0 bridgehead atoms. The topological polar surface area (TPSA) is 180 Å². The summed E-state index contributed by atoms with van der Waals surface area (Å²) >= 11 is 0. The molecule has 3 rings (SSSR count).